The maximum absolute atomic E-state index is 12.7. The van der Waals surface area contributed by atoms with Crippen LogP contribution >= 0.6 is 0 Å². The van der Waals surface area contributed by atoms with Gasteiger partial charge in [-0.3, -0.25) is 4.79 Å². The van der Waals surface area contributed by atoms with Gasteiger partial charge in [0.15, 0.2) is 0 Å². The summed E-state index contributed by atoms with van der Waals surface area (Å²) in [7, 11) is 0. The number of rotatable bonds is 8. The lowest BCUT2D eigenvalue weighted by molar-refractivity contribution is -0.129. The van der Waals surface area contributed by atoms with Crippen LogP contribution in [0.4, 0.5) is 0 Å². The standard InChI is InChI=1S/C22H27NO3/c1-18(20-10-6-3-7-11-20)23-16-22(12-13-24,14-21(23)25)17-26-15-19-8-4-2-5-9-19/h2-11,18,24H,12-17H2,1H3/t18-,22?/m1/s1. The Morgan fingerprint density at radius 2 is 1.77 bits per heavy atom. The molecule has 0 bridgehead atoms. The average Bonchev–Trinajstić information content (AvgIpc) is 2.99. The molecule has 1 aliphatic heterocycles. The van der Waals surface area contributed by atoms with E-state index in [9.17, 15) is 9.90 Å². The highest BCUT2D eigenvalue weighted by Gasteiger charge is 2.44. The highest BCUT2D eigenvalue weighted by atomic mass is 16.5. The van der Waals surface area contributed by atoms with Crippen LogP contribution in [0.3, 0.4) is 0 Å². The summed E-state index contributed by atoms with van der Waals surface area (Å²) >= 11 is 0. The van der Waals surface area contributed by atoms with Gasteiger partial charge in [0.2, 0.25) is 5.91 Å². The molecule has 1 amide bonds. The number of nitrogens with zero attached hydrogens (tertiary/aromatic N) is 1. The van der Waals surface area contributed by atoms with Crippen molar-refractivity contribution in [3.05, 3.63) is 71.8 Å². The van der Waals surface area contributed by atoms with Gasteiger partial charge in [-0.1, -0.05) is 60.7 Å². The molecule has 0 saturated carbocycles. The van der Waals surface area contributed by atoms with Crippen molar-refractivity contribution in [3.8, 4) is 0 Å². The summed E-state index contributed by atoms with van der Waals surface area (Å²) in [5.41, 5.74) is 1.93. The molecule has 1 saturated heterocycles. The van der Waals surface area contributed by atoms with Crippen molar-refractivity contribution in [1.82, 2.24) is 4.90 Å². The van der Waals surface area contributed by atoms with Crippen molar-refractivity contribution in [2.75, 3.05) is 19.8 Å². The number of likely N-dealkylation sites (tertiary alicyclic amines) is 1. The third-order valence-electron chi connectivity index (χ3n) is 5.26. The van der Waals surface area contributed by atoms with Gasteiger partial charge in [0, 0.05) is 25.0 Å². The topological polar surface area (TPSA) is 49.8 Å². The minimum atomic E-state index is -0.316. The highest BCUT2D eigenvalue weighted by Crippen LogP contribution is 2.39. The molecule has 1 N–H and O–H groups in total. The summed E-state index contributed by atoms with van der Waals surface area (Å²) in [5, 5.41) is 9.55. The second-order valence-electron chi connectivity index (χ2n) is 7.24. The maximum atomic E-state index is 12.7. The molecule has 2 atom stereocenters. The van der Waals surface area contributed by atoms with Crippen LogP contribution in [0.15, 0.2) is 60.7 Å². The van der Waals surface area contributed by atoms with Gasteiger partial charge in [0.25, 0.3) is 0 Å². The van der Waals surface area contributed by atoms with Crippen molar-refractivity contribution in [3.63, 3.8) is 0 Å². The van der Waals surface area contributed by atoms with Crippen LogP contribution in [0.1, 0.15) is 36.9 Å². The molecule has 2 aromatic carbocycles. The Labute approximate surface area is 155 Å². The van der Waals surface area contributed by atoms with E-state index in [1.807, 2.05) is 53.4 Å². The molecule has 0 radical (unpaired) electrons. The first-order valence-corrected chi connectivity index (χ1v) is 9.20. The molecule has 1 heterocycles. The third kappa shape index (κ3) is 4.32. The number of carbonyl (C=O) groups is 1. The number of benzene rings is 2. The first-order chi connectivity index (χ1) is 12.6. The van der Waals surface area contributed by atoms with Gasteiger partial charge in [0.05, 0.1) is 19.3 Å². The molecule has 0 aliphatic carbocycles. The number of aliphatic hydroxyl groups excluding tert-OH is 1. The minimum Gasteiger partial charge on any atom is -0.396 e. The lowest BCUT2D eigenvalue weighted by atomic mass is 9.84. The molecular weight excluding hydrogens is 326 g/mol. The lowest BCUT2D eigenvalue weighted by Crippen LogP contribution is -2.34. The third-order valence-corrected chi connectivity index (χ3v) is 5.26. The van der Waals surface area contributed by atoms with Crippen LogP contribution in [0, 0.1) is 5.41 Å². The van der Waals surface area contributed by atoms with Crippen molar-refractivity contribution in [2.45, 2.75) is 32.4 Å². The van der Waals surface area contributed by atoms with Gasteiger partial charge < -0.3 is 14.7 Å². The van der Waals surface area contributed by atoms with E-state index < -0.39 is 0 Å². The quantitative estimate of drug-likeness (QED) is 0.789. The van der Waals surface area contributed by atoms with Crippen molar-refractivity contribution < 1.29 is 14.6 Å². The largest absolute Gasteiger partial charge is 0.396 e. The highest BCUT2D eigenvalue weighted by molar-refractivity contribution is 5.80. The molecule has 2 aromatic rings. The average molecular weight is 353 g/mol. The lowest BCUT2D eigenvalue weighted by Gasteiger charge is -2.30. The number of ether oxygens (including phenoxy) is 1. The van der Waals surface area contributed by atoms with E-state index in [-0.39, 0.29) is 24.0 Å². The Bertz CT molecular complexity index is 704. The molecule has 3 rings (SSSR count). The van der Waals surface area contributed by atoms with Crippen molar-refractivity contribution >= 4 is 5.91 Å². The summed E-state index contributed by atoms with van der Waals surface area (Å²) < 4.78 is 5.95. The van der Waals surface area contributed by atoms with Crippen LogP contribution in [0.2, 0.25) is 0 Å². The molecule has 0 spiro atoms. The Morgan fingerprint density at radius 3 is 2.42 bits per heavy atom. The number of carbonyl (C=O) groups excluding carboxylic acids is 1. The van der Waals surface area contributed by atoms with Crippen LogP contribution in [-0.2, 0) is 16.1 Å². The summed E-state index contributed by atoms with van der Waals surface area (Å²) in [5.74, 6) is 0.137. The van der Waals surface area contributed by atoms with E-state index in [4.69, 9.17) is 4.74 Å². The van der Waals surface area contributed by atoms with Crippen LogP contribution in [0.25, 0.3) is 0 Å². The summed E-state index contributed by atoms with van der Waals surface area (Å²) in [6, 6.07) is 20.1. The van der Waals surface area contributed by atoms with Gasteiger partial charge in [-0.15, -0.1) is 0 Å². The smallest absolute Gasteiger partial charge is 0.223 e. The van der Waals surface area contributed by atoms with E-state index in [2.05, 4.69) is 19.1 Å². The maximum Gasteiger partial charge on any atom is 0.223 e. The predicted molar refractivity (Wildman–Crippen MR) is 101 cm³/mol. The van der Waals surface area contributed by atoms with E-state index in [0.717, 1.165) is 11.1 Å². The zero-order chi connectivity index (χ0) is 18.4. The zero-order valence-corrected chi connectivity index (χ0v) is 15.3. The normalized spacial score (nSPS) is 21.2. The zero-order valence-electron chi connectivity index (χ0n) is 15.3. The SMILES string of the molecule is C[C@H](c1ccccc1)N1CC(CCO)(COCc2ccccc2)CC1=O. The van der Waals surface area contributed by atoms with Crippen LogP contribution < -0.4 is 0 Å². The fraction of sp³-hybridized carbons (Fsp3) is 0.409. The second kappa shape index (κ2) is 8.47. The van der Waals surface area contributed by atoms with Gasteiger partial charge in [-0.2, -0.15) is 0 Å². The van der Waals surface area contributed by atoms with Crippen molar-refractivity contribution in [1.29, 1.82) is 0 Å². The Morgan fingerprint density at radius 1 is 1.12 bits per heavy atom. The molecule has 138 valence electrons. The molecular formula is C22H27NO3. The molecule has 0 aromatic heterocycles. The summed E-state index contributed by atoms with van der Waals surface area (Å²) in [4.78, 5) is 14.6. The van der Waals surface area contributed by atoms with Gasteiger partial charge in [0.1, 0.15) is 0 Å². The fourth-order valence-electron chi connectivity index (χ4n) is 3.73. The number of aliphatic hydroxyl groups is 1. The van der Waals surface area contributed by atoms with E-state index in [1.165, 1.54) is 0 Å². The molecule has 1 fully saturated rings. The molecule has 4 nitrogen and oxygen atoms in total. The number of hydrogen-bond donors (Lipinski definition) is 1. The van der Waals surface area contributed by atoms with E-state index in [1.54, 1.807) is 0 Å². The van der Waals surface area contributed by atoms with E-state index in [0.29, 0.717) is 32.6 Å². The van der Waals surface area contributed by atoms with Gasteiger partial charge >= 0.3 is 0 Å². The summed E-state index contributed by atoms with van der Waals surface area (Å²) in [6.07, 6.45) is 1.01. The Hall–Kier alpha value is -2.17. The van der Waals surface area contributed by atoms with Crippen molar-refractivity contribution in [2.24, 2.45) is 5.41 Å². The summed E-state index contributed by atoms with van der Waals surface area (Å²) in [6.45, 7) is 3.75. The van der Waals surface area contributed by atoms with E-state index >= 15 is 0 Å². The molecule has 1 unspecified atom stereocenters. The molecule has 4 heteroatoms. The Kier molecular flexibility index (Phi) is 6.07. The van der Waals surface area contributed by atoms with Gasteiger partial charge in [-0.25, -0.2) is 0 Å². The molecule has 1 aliphatic rings. The number of hydrogen-bond acceptors (Lipinski definition) is 3. The fourth-order valence-corrected chi connectivity index (χ4v) is 3.73. The van der Waals surface area contributed by atoms with Gasteiger partial charge in [-0.05, 0) is 24.5 Å². The second-order valence-corrected chi connectivity index (χ2v) is 7.24. The van der Waals surface area contributed by atoms with Crippen LogP contribution in [0.5, 0.6) is 0 Å². The first-order valence-electron chi connectivity index (χ1n) is 9.20. The van der Waals surface area contributed by atoms with Crippen LogP contribution in [-0.4, -0.2) is 35.7 Å². The first kappa shape index (κ1) is 18.6. The number of amides is 1. The predicted octanol–water partition coefficient (Wildman–Crippen LogP) is 3.57. The minimum absolute atomic E-state index is 0.0263. The molecule has 26 heavy (non-hydrogen) atoms. The Balaban J connectivity index is 1.66. The monoisotopic (exact) mass is 353 g/mol.